The smallest absolute Gasteiger partial charge is 0.407 e. The first-order valence-corrected chi connectivity index (χ1v) is 14.4. The van der Waals surface area contributed by atoms with Crippen LogP contribution >= 0.6 is 0 Å². The summed E-state index contributed by atoms with van der Waals surface area (Å²) < 4.78 is 9.42. The van der Waals surface area contributed by atoms with E-state index >= 15 is 0 Å². The Hall–Kier alpha value is -3.43. The number of nitriles is 1. The molecule has 1 aliphatic heterocycles. The van der Waals surface area contributed by atoms with E-state index in [9.17, 15) is 15.2 Å². The van der Waals surface area contributed by atoms with E-state index in [1.54, 1.807) is 10.9 Å². The Morgan fingerprint density at radius 2 is 2.12 bits per heavy atom. The highest BCUT2D eigenvalue weighted by Gasteiger charge is 2.48. The lowest BCUT2D eigenvalue weighted by Crippen LogP contribution is -2.64. The van der Waals surface area contributed by atoms with Crippen LogP contribution < -0.4 is 5.73 Å². The zero-order valence-electron chi connectivity index (χ0n) is 19.0. The number of nitrogens with zero attached hydrogens (tertiary/aromatic N) is 7. The quantitative estimate of drug-likeness (QED) is 0.379. The second-order valence-electron chi connectivity index (χ2n) is 9.66. The molecule has 1 saturated heterocycles. The molecular weight excluding hydrogens is 440 g/mol. The van der Waals surface area contributed by atoms with E-state index < -0.39 is 19.7 Å². The number of nitrogens with two attached hydrogens (primary N) is 1. The van der Waals surface area contributed by atoms with Crippen LogP contribution in [0, 0.1) is 11.3 Å². The normalized spacial score (nSPS) is 15.4. The molecule has 3 N–H and O–H groups in total. The summed E-state index contributed by atoms with van der Waals surface area (Å²) in [4.78, 5) is 21.4. The molecule has 0 radical (unpaired) electrons. The molecule has 0 atom stereocenters. The third-order valence-electron chi connectivity index (χ3n) is 5.92. The molecule has 0 spiro atoms. The fourth-order valence-electron chi connectivity index (χ4n) is 3.96. The molecule has 0 saturated carbocycles. The van der Waals surface area contributed by atoms with Gasteiger partial charge in [-0.2, -0.15) is 10.4 Å². The zero-order chi connectivity index (χ0) is 23.8. The Bertz CT molecular complexity index is 1220. The molecule has 3 aromatic heterocycles. The van der Waals surface area contributed by atoms with Crippen molar-refractivity contribution in [1.82, 2.24) is 29.2 Å². The summed E-state index contributed by atoms with van der Waals surface area (Å²) in [7, 11) is -1.16. The number of anilines is 1. The summed E-state index contributed by atoms with van der Waals surface area (Å²) in [6.45, 7) is 8.41. The van der Waals surface area contributed by atoms with Crippen molar-refractivity contribution in [3.05, 3.63) is 24.8 Å². The van der Waals surface area contributed by atoms with E-state index in [1.807, 2.05) is 16.8 Å². The highest BCUT2D eigenvalue weighted by atomic mass is 28.3. The number of rotatable bonds is 8. The number of amides is 1. The third kappa shape index (κ3) is 4.42. The molecule has 33 heavy (non-hydrogen) atoms. The molecule has 1 fully saturated rings. The van der Waals surface area contributed by atoms with Gasteiger partial charge in [0.2, 0.25) is 0 Å². The van der Waals surface area contributed by atoms with Crippen molar-refractivity contribution in [1.29, 1.82) is 5.26 Å². The van der Waals surface area contributed by atoms with Gasteiger partial charge >= 0.3 is 6.09 Å². The Morgan fingerprint density at radius 3 is 2.79 bits per heavy atom. The molecule has 0 aromatic carbocycles. The summed E-state index contributed by atoms with van der Waals surface area (Å²) in [6, 6.07) is 5.15. The first kappa shape index (κ1) is 22.7. The van der Waals surface area contributed by atoms with Crippen LogP contribution in [0.3, 0.4) is 0 Å². The van der Waals surface area contributed by atoms with E-state index in [4.69, 9.17) is 10.5 Å². The van der Waals surface area contributed by atoms with Gasteiger partial charge in [0.05, 0.1) is 36.8 Å². The second-order valence-corrected chi connectivity index (χ2v) is 15.3. The van der Waals surface area contributed by atoms with Crippen molar-refractivity contribution >= 4 is 31.0 Å². The SMILES string of the molecule is C[Si](C)(C)CCOCn1ccc2c(-c3cn(C4(CC#N)CN(C(=O)O)C4)nc3N)ncnc21. The van der Waals surface area contributed by atoms with Crippen LogP contribution in [-0.4, -0.2) is 68.2 Å². The van der Waals surface area contributed by atoms with Gasteiger partial charge in [-0.15, -0.1) is 0 Å². The lowest BCUT2D eigenvalue weighted by atomic mass is 9.87. The van der Waals surface area contributed by atoms with E-state index in [2.05, 4.69) is 40.8 Å². The highest BCUT2D eigenvalue weighted by Crippen LogP contribution is 2.36. The van der Waals surface area contributed by atoms with Gasteiger partial charge in [-0.3, -0.25) is 4.68 Å². The number of carboxylic acid groups (broad SMARTS) is 1. The van der Waals surface area contributed by atoms with E-state index in [-0.39, 0.29) is 25.3 Å². The predicted octanol–water partition coefficient (Wildman–Crippen LogP) is 2.79. The molecule has 0 unspecified atom stereocenters. The van der Waals surface area contributed by atoms with Crippen LogP contribution in [-0.2, 0) is 17.0 Å². The molecule has 1 amide bonds. The lowest BCUT2D eigenvalue weighted by molar-refractivity contribution is 0.0141. The topological polar surface area (TPSA) is 148 Å². The van der Waals surface area contributed by atoms with Crippen LogP contribution in [0.15, 0.2) is 24.8 Å². The van der Waals surface area contributed by atoms with Crippen LogP contribution in [0.1, 0.15) is 6.42 Å². The number of ether oxygens (including phenoxy) is 1. The average Bonchev–Trinajstić information content (AvgIpc) is 3.30. The van der Waals surface area contributed by atoms with E-state index in [1.165, 1.54) is 11.2 Å². The first-order valence-electron chi connectivity index (χ1n) is 10.7. The highest BCUT2D eigenvalue weighted by molar-refractivity contribution is 6.76. The first-order chi connectivity index (χ1) is 15.6. The number of hydrogen-bond acceptors (Lipinski definition) is 7. The van der Waals surface area contributed by atoms with E-state index in [0.717, 1.165) is 17.1 Å². The maximum atomic E-state index is 11.3. The maximum absolute atomic E-state index is 11.3. The van der Waals surface area contributed by atoms with E-state index in [0.29, 0.717) is 24.6 Å². The standard InChI is InChI=1S/C21H28N8O3Si/c1-33(2,3)9-8-32-14-27-7-4-15-17(24-13-25-19(15)27)16-10-29(26-18(16)23)21(5-6-22)11-28(12-21)20(30)31/h4,7,10,13H,5,8-9,11-12,14H2,1-3H3,(H2,23,26)(H,30,31). The number of likely N-dealkylation sites (tertiary alicyclic amines) is 1. The van der Waals surface area contributed by atoms with Gasteiger partial charge in [-0.25, -0.2) is 14.8 Å². The largest absolute Gasteiger partial charge is 0.465 e. The molecule has 0 aliphatic carbocycles. The van der Waals surface area contributed by atoms with Gasteiger partial charge in [0.25, 0.3) is 0 Å². The van der Waals surface area contributed by atoms with Crippen LogP contribution in [0.4, 0.5) is 10.6 Å². The molecule has 4 rings (SSSR count). The van der Waals surface area contributed by atoms with Gasteiger partial charge in [0, 0.05) is 32.5 Å². The molecule has 11 nitrogen and oxygen atoms in total. The number of aromatic nitrogens is 5. The Kier molecular flexibility index (Phi) is 5.85. The van der Waals surface area contributed by atoms with Crippen molar-refractivity contribution in [3.63, 3.8) is 0 Å². The summed E-state index contributed by atoms with van der Waals surface area (Å²) in [6.07, 6.45) is 4.24. The lowest BCUT2D eigenvalue weighted by Gasteiger charge is -2.47. The van der Waals surface area contributed by atoms with Crippen LogP contribution in [0.5, 0.6) is 0 Å². The summed E-state index contributed by atoms with van der Waals surface area (Å²) in [5.41, 5.74) is 7.49. The predicted molar refractivity (Wildman–Crippen MR) is 125 cm³/mol. The molecule has 12 heteroatoms. The summed E-state index contributed by atoms with van der Waals surface area (Å²) in [5, 5.41) is 23.8. The Labute approximate surface area is 192 Å². The van der Waals surface area contributed by atoms with Crippen molar-refractivity contribution in [2.24, 2.45) is 0 Å². The number of fused-ring (bicyclic) bond motifs is 1. The van der Waals surface area contributed by atoms with Gasteiger partial charge < -0.3 is 25.0 Å². The third-order valence-corrected chi connectivity index (χ3v) is 7.62. The van der Waals surface area contributed by atoms with Gasteiger partial charge in [-0.05, 0) is 12.1 Å². The van der Waals surface area contributed by atoms with Crippen LogP contribution in [0.25, 0.3) is 22.3 Å². The van der Waals surface area contributed by atoms with Crippen molar-refractivity contribution in [2.75, 3.05) is 25.4 Å². The number of hydrogen-bond donors (Lipinski definition) is 2. The summed E-state index contributed by atoms with van der Waals surface area (Å²) >= 11 is 0. The zero-order valence-corrected chi connectivity index (χ0v) is 20.0. The fraction of sp³-hybridized carbons (Fsp3) is 0.476. The number of nitrogen functional groups attached to an aromatic ring is 1. The molecule has 3 aromatic rings. The maximum Gasteiger partial charge on any atom is 0.407 e. The molecule has 174 valence electrons. The molecule has 4 heterocycles. The molecular formula is C21H28N8O3Si. The van der Waals surface area contributed by atoms with Crippen molar-refractivity contribution < 1.29 is 14.6 Å². The minimum atomic E-state index is -1.16. The Balaban J connectivity index is 1.60. The van der Waals surface area contributed by atoms with Gasteiger partial charge in [0.1, 0.15) is 24.2 Å². The number of carbonyl (C=O) groups is 1. The molecule has 0 bridgehead atoms. The van der Waals surface area contributed by atoms with Crippen molar-refractivity contribution in [3.8, 4) is 17.3 Å². The van der Waals surface area contributed by atoms with Crippen LogP contribution in [0.2, 0.25) is 25.7 Å². The van der Waals surface area contributed by atoms with Gasteiger partial charge in [-0.1, -0.05) is 19.6 Å². The average molecular weight is 469 g/mol. The van der Waals surface area contributed by atoms with Crippen molar-refractivity contribution in [2.45, 2.75) is 44.4 Å². The monoisotopic (exact) mass is 468 g/mol. The van der Waals surface area contributed by atoms with Gasteiger partial charge in [0.15, 0.2) is 5.82 Å². The second kappa shape index (κ2) is 8.49. The fourth-order valence-corrected chi connectivity index (χ4v) is 4.72. The minimum absolute atomic E-state index is 0.127. The molecule has 1 aliphatic rings. The minimum Gasteiger partial charge on any atom is -0.465 e. The summed E-state index contributed by atoms with van der Waals surface area (Å²) in [5.74, 6) is 0.264. The Morgan fingerprint density at radius 1 is 1.36 bits per heavy atom.